The maximum Gasteiger partial charge on any atom is 0.127 e. The van der Waals surface area contributed by atoms with Gasteiger partial charge in [-0.05, 0) is 24.6 Å². The first-order valence-corrected chi connectivity index (χ1v) is 8.27. The van der Waals surface area contributed by atoms with E-state index in [1.165, 1.54) is 15.9 Å². The molecule has 112 valence electrons. The fourth-order valence-electron chi connectivity index (χ4n) is 2.40. The summed E-state index contributed by atoms with van der Waals surface area (Å²) in [6.45, 7) is 0. The van der Waals surface area contributed by atoms with Crippen LogP contribution in [0, 0.1) is 0 Å². The quantitative estimate of drug-likeness (QED) is 0.683. The lowest BCUT2D eigenvalue weighted by Crippen LogP contribution is -2.21. The van der Waals surface area contributed by atoms with Crippen molar-refractivity contribution in [3.8, 4) is 5.75 Å². The van der Waals surface area contributed by atoms with Crippen LogP contribution in [0.2, 0.25) is 0 Å². The van der Waals surface area contributed by atoms with Crippen molar-refractivity contribution in [1.82, 2.24) is 0 Å². The molecule has 0 aliphatic rings. The second-order valence-corrected chi connectivity index (χ2v) is 6.86. The summed E-state index contributed by atoms with van der Waals surface area (Å²) in [6, 6.07) is 29.6. The van der Waals surface area contributed by atoms with Gasteiger partial charge in [0.15, 0.2) is 0 Å². The van der Waals surface area contributed by atoms with Crippen LogP contribution in [0.4, 0.5) is 0 Å². The predicted molar refractivity (Wildman–Crippen MR) is 95.3 cm³/mol. The summed E-state index contributed by atoms with van der Waals surface area (Å²) in [5, 5.41) is 3.93. The summed E-state index contributed by atoms with van der Waals surface area (Å²) in [6.07, 6.45) is 0. The first kappa shape index (κ1) is 16.2. The van der Waals surface area contributed by atoms with Crippen LogP contribution in [0.1, 0.15) is 0 Å². The normalized spacial score (nSPS) is 10.1. The van der Waals surface area contributed by atoms with Crippen LogP contribution in [0.5, 0.6) is 5.75 Å². The van der Waals surface area contributed by atoms with Gasteiger partial charge in [-0.1, -0.05) is 78.9 Å². The standard InChI is InChI=1S/C19H17OP.H2O/c1-20-18-14-8-9-15-19(18)21(16-10-4-2-5-11-16)17-12-6-3-7-13-17;/h2-15H,1H3;1H2. The fourth-order valence-corrected chi connectivity index (χ4v) is 4.81. The second kappa shape index (κ2) is 7.74. The largest absolute Gasteiger partial charge is 0.496 e. The van der Waals surface area contributed by atoms with Crippen LogP contribution >= 0.6 is 7.92 Å². The molecule has 0 aliphatic carbocycles. The molecule has 0 heterocycles. The van der Waals surface area contributed by atoms with Crippen molar-refractivity contribution >= 4 is 23.8 Å². The monoisotopic (exact) mass is 310 g/mol. The molecular weight excluding hydrogens is 291 g/mol. The molecule has 0 spiro atoms. The summed E-state index contributed by atoms with van der Waals surface area (Å²) in [5.74, 6) is 0.955. The highest BCUT2D eigenvalue weighted by Crippen LogP contribution is 2.36. The average molecular weight is 310 g/mol. The van der Waals surface area contributed by atoms with Crippen LogP contribution < -0.4 is 20.7 Å². The number of methoxy groups -OCH3 is 1. The molecule has 0 radical (unpaired) electrons. The number of benzene rings is 3. The van der Waals surface area contributed by atoms with Crippen molar-refractivity contribution in [3.05, 3.63) is 84.9 Å². The Morgan fingerprint density at radius 3 is 1.59 bits per heavy atom. The lowest BCUT2D eigenvalue weighted by molar-refractivity contribution is 0.418. The van der Waals surface area contributed by atoms with Crippen LogP contribution in [0.25, 0.3) is 0 Å². The molecule has 0 fully saturated rings. The zero-order valence-corrected chi connectivity index (χ0v) is 13.3. The number of ether oxygens (including phenoxy) is 1. The molecule has 3 heteroatoms. The smallest absolute Gasteiger partial charge is 0.127 e. The van der Waals surface area contributed by atoms with Crippen molar-refractivity contribution < 1.29 is 10.2 Å². The van der Waals surface area contributed by atoms with E-state index >= 15 is 0 Å². The maximum absolute atomic E-state index is 5.59. The SMILES string of the molecule is COc1ccccc1P(c1ccccc1)c1ccccc1.O. The number of hydrogen-bond acceptors (Lipinski definition) is 1. The summed E-state index contributed by atoms with van der Waals surface area (Å²) in [5.41, 5.74) is 0. The lowest BCUT2D eigenvalue weighted by Gasteiger charge is -2.21. The number of para-hydroxylation sites is 1. The third kappa shape index (κ3) is 3.36. The molecule has 0 saturated carbocycles. The van der Waals surface area contributed by atoms with Crippen molar-refractivity contribution in [3.63, 3.8) is 0 Å². The van der Waals surface area contributed by atoms with E-state index in [0.29, 0.717) is 0 Å². The molecule has 3 aromatic carbocycles. The molecule has 0 atom stereocenters. The zero-order valence-electron chi connectivity index (χ0n) is 12.4. The Morgan fingerprint density at radius 1 is 0.636 bits per heavy atom. The third-order valence-electron chi connectivity index (χ3n) is 3.35. The van der Waals surface area contributed by atoms with E-state index in [1.807, 2.05) is 12.1 Å². The van der Waals surface area contributed by atoms with Gasteiger partial charge in [-0.25, -0.2) is 0 Å². The van der Waals surface area contributed by atoms with Gasteiger partial charge in [0.2, 0.25) is 0 Å². The van der Waals surface area contributed by atoms with Crippen LogP contribution in [0.3, 0.4) is 0 Å². The maximum atomic E-state index is 5.59. The van der Waals surface area contributed by atoms with E-state index in [0.717, 1.165) is 5.75 Å². The number of hydrogen-bond donors (Lipinski definition) is 0. The highest BCUT2D eigenvalue weighted by Gasteiger charge is 2.19. The van der Waals surface area contributed by atoms with Crippen LogP contribution in [-0.4, -0.2) is 12.6 Å². The van der Waals surface area contributed by atoms with Gasteiger partial charge in [0.1, 0.15) is 5.75 Å². The highest BCUT2D eigenvalue weighted by atomic mass is 31.1. The van der Waals surface area contributed by atoms with Gasteiger partial charge in [0.25, 0.3) is 0 Å². The van der Waals surface area contributed by atoms with Crippen molar-refractivity contribution in [2.24, 2.45) is 0 Å². The van der Waals surface area contributed by atoms with Crippen molar-refractivity contribution in [1.29, 1.82) is 0 Å². The van der Waals surface area contributed by atoms with Crippen LogP contribution in [-0.2, 0) is 0 Å². The second-order valence-electron chi connectivity index (χ2n) is 4.68. The number of rotatable bonds is 4. The van der Waals surface area contributed by atoms with Gasteiger partial charge in [-0.3, -0.25) is 0 Å². The van der Waals surface area contributed by atoms with Crippen molar-refractivity contribution in [2.45, 2.75) is 0 Å². The summed E-state index contributed by atoms with van der Waals surface area (Å²) in [7, 11) is 1.14. The first-order valence-electron chi connectivity index (χ1n) is 6.93. The molecule has 0 amide bonds. The molecule has 0 aliphatic heterocycles. The molecular formula is C19H19O2P. The molecule has 2 nitrogen and oxygen atoms in total. The third-order valence-corrected chi connectivity index (χ3v) is 5.84. The summed E-state index contributed by atoms with van der Waals surface area (Å²) in [4.78, 5) is 0. The first-order chi connectivity index (χ1) is 10.4. The van der Waals surface area contributed by atoms with E-state index in [9.17, 15) is 0 Å². The molecule has 0 aromatic heterocycles. The van der Waals surface area contributed by atoms with Gasteiger partial charge in [0.05, 0.1) is 7.11 Å². The summed E-state index contributed by atoms with van der Waals surface area (Å²) < 4.78 is 5.59. The Kier molecular flexibility index (Phi) is 5.71. The fraction of sp³-hybridized carbons (Fsp3) is 0.0526. The Labute approximate surface area is 132 Å². The van der Waals surface area contributed by atoms with Crippen molar-refractivity contribution in [2.75, 3.05) is 7.11 Å². The van der Waals surface area contributed by atoms with E-state index in [2.05, 4.69) is 72.8 Å². The molecule has 3 aromatic rings. The van der Waals surface area contributed by atoms with Gasteiger partial charge in [-0.15, -0.1) is 0 Å². The van der Waals surface area contributed by atoms with Crippen LogP contribution in [0.15, 0.2) is 84.9 Å². The molecule has 0 bridgehead atoms. The Hall–Kier alpha value is -2.15. The Bertz CT molecular complexity index is 659. The summed E-state index contributed by atoms with van der Waals surface area (Å²) >= 11 is 0. The van der Waals surface area contributed by atoms with E-state index in [4.69, 9.17) is 4.74 Å². The topological polar surface area (TPSA) is 40.7 Å². The van der Waals surface area contributed by atoms with Gasteiger partial charge < -0.3 is 10.2 Å². The van der Waals surface area contributed by atoms with E-state index in [-0.39, 0.29) is 5.48 Å². The Morgan fingerprint density at radius 2 is 1.09 bits per heavy atom. The zero-order chi connectivity index (χ0) is 14.5. The Balaban J connectivity index is 0.00000176. The van der Waals surface area contributed by atoms with E-state index in [1.54, 1.807) is 7.11 Å². The minimum Gasteiger partial charge on any atom is -0.496 e. The minimum absolute atomic E-state index is 0. The minimum atomic E-state index is -0.598. The lowest BCUT2D eigenvalue weighted by atomic mass is 10.3. The molecule has 2 N–H and O–H groups in total. The van der Waals surface area contributed by atoms with Gasteiger partial charge in [0, 0.05) is 5.30 Å². The average Bonchev–Trinajstić information content (AvgIpc) is 2.58. The van der Waals surface area contributed by atoms with E-state index < -0.39 is 7.92 Å². The molecule has 0 unspecified atom stereocenters. The predicted octanol–water partition coefficient (Wildman–Crippen LogP) is 2.63. The molecule has 3 rings (SSSR count). The molecule has 22 heavy (non-hydrogen) atoms. The van der Waals surface area contributed by atoms with Gasteiger partial charge in [-0.2, -0.15) is 0 Å². The van der Waals surface area contributed by atoms with Gasteiger partial charge >= 0.3 is 0 Å². The highest BCUT2D eigenvalue weighted by molar-refractivity contribution is 7.80. The molecule has 0 saturated heterocycles.